The second-order valence-corrected chi connectivity index (χ2v) is 29.8. The van der Waals surface area contributed by atoms with Gasteiger partial charge in [-0.05, 0) is 114 Å². The van der Waals surface area contributed by atoms with E-state index >= 15 is 0 Å². The van der Waals surface area contributed by atoms with Gasteiger partial charge in [0.2, 0.25) is 0 Å². The lowest BCUT2D eigenvalue weighted by atomic mass is 9.90. The van der Waals surface area contributed by atoms with Crippen LogP contribution < -0.4 is 4.74 Å². The lowest BCUT2D eigenvalue weighted by Crippen LogP contribution is -2.41. The van der Waals surface area contributed by atoms with Crippen LogP contribution in [0.4, 0.5) is 0 Å². The molecule has 71 heavy (non-hydrogen) atoms. The van der Waals surface area contributed by atoms with Gasteiger partial charge in [0.05, 0.1) is 33.5 Å². The number of hydrogen-bond donors (Lipinski definition) is 0. The third-order valence-corrected chi connectivity index (χ3v) is 20.7. The van der Waals surface area contributed by atoms with Crippen LogP contribution in [0.5, 0.6) is 5.75 Å². The summed E-state index contributed by atoms with van der Waals surface area (Å²) in [6.45, 7) is 36.9. The molecule has 1 unspecified atom stereocenters. The molecule has 0 fully saturated rings. The number of rotatable bonds is 45. The van der Waals surface area contributed by atoms with Crippen molar-refractivity contribution < 1.29 is 28.1 Å². The standard InChI is InChI=1S/C64H116O6Si/c1-52(24-19-27-55(4)31-23-35-59(8)47-70-71(13,14)64(9,10)11)28-20-32-56(5)42-44-66-50-63(51-68-48-60-36-16-15-17-37-60)69-45-43-57(6)33-21-29-53(2)25-18-26-54(3)30-22-34-58(7)46-67-49-61-38-40-62(65-12)41-39-61/h15-17,36-41,52-59,63H,18-35,42-51H2,1-14H3/t52-,53-,54+,55+,56-,57-,58+,59+,63?/m1/s1. The van der Waals surface area contributed by atoms with Crippen LogP contribution in [0.3, 0.4) is 0 Å². The Morgan fingerprint density at radius 1 is 0.408 bits per heavy atom. The molecular weight excluding hydrogens is 893 g/mol. The van der Waals surface area contributed by atoms with Gasteiger partial charge in [-0.15, -0.1) is 0 Å². The monoisotopic (exact) mass is 1010 g/mol. The van der Waals surface area contributed by atoms with Gasteiger partial charge in [0, 0.05) is 26.4 Å². The lowest BCUT2D eigenvalue weighted by molar-refractivity contribution is -0.0670. The molecule has 0 radical (unpaired) electrons. The van der Waals surface area contributed by atoms with Crippen molar-refractivity contribution in [3.05, 3.63) is 65.7 Å². The van der Waals surface area contributed by atoms with E-state index < -0.39 is 8.32 Å². The van der Waals surface area contributed by atoms with Crippen LogP contribution >= 0.6 is 0 Å². The van der Waals surface area contributed by atoms with Gasteiger partial charge in [0.1, 0.15) is 11.9 Å². The highest BCUT2D eigenvalue weighted by atomic mass is 28.4. The average molecular weight is 1010 g/mol. The summed E-state index contributed by atoms with van der Waals surface area (Å²) in [6, 6.07) is 18.6. The first-order chi connectivity index (χ1) is 33.9. The Morgan fingerprint density at radius 3 is 1.21 bits per heavy atom. The normalized spacial score (nSPS) is 16.3. The average Bonchev–Trinajstić information content (AvgIpc) is 3.32. The van der Waals surface area contributed by atoms with Crippen LogP contribution in [0.15, 0.2) is 54.6 Å². The SMILES string of the molecule is COc1ccc(COC[C@@H](C)CCC[C@@H](C)CCC[C@@H](C)CCC[C@@H](C)CCOC(COCC[C@H](C)CCC[C@H](C)CCC[C@H](C)CCC[C@H](C)CO[Si](C)(C)C(C)(C)C)COCc2ccccc2)cc1. The molecule has 0 aliphatic heterocycles. The van der Waals surface area contributed by atoms with E-state index in [0.29, 0.717) is 55.1 Å². The molecule has 0 aliphatic rings. The largest absolute Gasteiger partial charge is 0.497 e. The number of hydrogen-bond acceptors (Lipinski definition) is 6. The second-order valence-electron chi connectivity index (χ2n) is 25.0. The van der Waals surface area contributed by atoms with Crippen molar-refractivity contribution in [3.8, 4) is 5.75 Å². The van der Waals surface area contributed by atoms with E-state index in [1.54, 1.807) is 7.11 Å². The van der Waals surface area contributed by atoms with Gasteiger partial charge in [-0.2, -0.15) is 0 Å². The Labute approximate surface area is 442 Å². The zero-order valence-electron chi connectivity index (χ0n) is 49.1. The number of ether oxygens (including phenoxy) is 5. The maximum atomic E-state index is 6.49. The van der Waals surface area contributed by atoms with E-state index in [4.69, 9.17) is 28.1 Å². The molecule has 0 saturated heterocycles. The van der Waals surface area contributed by atoms with Gasteiger partial charge in [-0.1, -0.05) is 221 Å². The predicted molar refractivity (Wildman–Crippen MR) is 308 cm³/mol. The molecule has 0 spiro atoms. The number of methoxy groups -OCH3 is 1. The van der Waals surface area contributed by atoms with Crippen molar-refractivity contribution in [2.75, 3.05) is 46.8 Å². The van der Waals surface area contributed by atoms with E-state index in [9.17, 15) is 0 Å². The fourth-order valence-electron chi connectivity index (χ4n) is 9.55. The maximum absolute atomic E-state index is 6.49. The lowest BCUT2D eigenvalue weighted by Gasteiger charge is -2.37. The van der Waals surface area contributed by atoms with Crippen molar-refractivity contribution in [2.24, 2.45) is 47.3 Å². The van der Waals surface area contributed by atoms with E-state index in [0.717, 1.165) is 68.7 Å². The fourth-order valence-corrected chi connectivity index (χ4v) is 10.7. The first-order valence-corrected chi connectivity index (χ1v) is 32.4. The van der Waals surface area contributed by atoms with E-state index in [2.05, 4.69) is 132 Å². The highest BCUT2D eigenvalue weighted by Gasteiger charge is 2.37. The molecule has 2 rings (SSSR count). The topological polar surface area (TPSA) is 55.4 Å². The van der Waals surface area contributed by atoms with Crippen molar-refractivity contribution >= 4 is 8.32 Å². The third-order valence-electron chi connectivity index (χ3n) is 16.2. The zero-order chi connectivity index (χ0) is 52.3. The van der Waals surface area contributed by atoms with Crippen LogP contribution in [0.1, 0.15) is 216 Å². The summed E-state index contributed by atoms with van der Waals surface area (Å²) in [5.74, 6) is 6.78. The molecule has 0 aliphatic carbocycles. The Hall–Kier alpha value is -1.74. The molecule has 2 aromatic rings. The molecule has 412 valence electrons. The molecule has 9 atom stereocenters. The summed E-state index contributed by atoms with van der Waals surface area (Å²) >= 11 is 0. The summed E-state index contributed by atoms with van der Waals surface area (Å²) < 4.78 is 36.7. The summed E-state index contributed by atoms with van der Waals surface area (Å²) in [5.41, 5.74) is 2.40. The van der Waals surface area contributed by atoms with E-state index in [1.807, 2.05) is 12.1 Å². The van der Waals surface area contributed by atoms with Gasteiger partial charge >= 0.3 is 0 Å². The molecule has 2 aromatic carbocycles. The van der Waals surface area contributed by atoms with Gasteiger partial charge in [0.15, 0.2) is 8.32 Å². The van der Waals surface area contributed by atoms with E-state index in [1.165, 1.54) is 127 Å². The molecule has 0 bridgehead atoms. The highest BCUT2D eigenvalue weighted by Crippen LogP contribution is 2.37. The molecule has 0 aromatic heterocycles. The number of benzene rings is 2. The summed E-state index contributed by atoms with van der Waals surface area (Å²) in [5, 5.41) is 0.295. The van der Waals surface area contributed by atoms with Crippen molar-refractivity contribution in [1.82, 2.24) is 0 Å². The van der Waals surface area contributed by atoms with Crippen molar-refractivity contribution in [2.45, 2.75) is 242 Å². The molecular formula is C64H116O6Si. The first kappa shape index (κ1) is 65.4. The van der Waals surface area contributed by atoms with Crippen LogP contribution in [-0.4, -0.2) is 61.2 Å². The maximum Gasteiger partial charge on any atom is 0.191 e. The molecule has 0 N–H and O–H groups in total. The minimum Gasteiger partial charge on any atom is -0.497 e. The molecule has 7 heteroatoms. The molecule has 6 nitrogen and oxygen atoms in total. The first-order valence-electron chi connectivity index (χ1n) is 29.5. The van der Waals surface area contributed by atoms with Crippen LogP contribution in [0.2, 0.25) is 18.1 Å². The molecule has 0 heterocycles. The molecule has 0 saturated carbocycles. The Balaban J connectivity index is 1.54. The summed E-state index contributed by atoms with van der Waals surface area (Å²) in [6.07, 6.45) is 26.1. The fraction of sp³-hybridized carbons (Fsp3) is 0.812. The Bertz CT molecular complexity index is 1510. The van der Waals surface area contributed by atoms with Crippen molar-refractivity contribution in [1.29, 1.82) is 0 Å². The predicted octanol–water partition coefficient (Wildman–Crippen LogP) is 18.7. The smallest absolute Gasteiger partial charge is 0.191 e. The summed E-state index contributed by atoms with van der Waals surface area (Å²) in [4.78, 5) is 0. The van der Waals surface area contributed by atoms with Gasteiger partial charge in [-0.3, -0.25) is 0 Å². The van der Waals surface area contributed by atoms with Gasteiger partial charge < -0.3 is 28.1 Å². The Morgan fingerprint density at radius 2 is 0.775 bits per heavy atom. The van der Waals surface area contributed by atoms with E-state index in [-0.39, 0.29) is 6.10 Å². The third kappa shape index (κ3) is 33.7. The second kappa shape index (κ2) is 38.8. The zero-order valence-corrected chi connectivity index (χ0v) is 50.1. The Kier molecular flexibility index (Phi) is 35.7. The quantitative estimate of drug-likeness (QED) is 0.0487. The van der Waals surface area contributed by atoms with Crippen LogP contribution in [0.25, 0.3) is 0 Å². The summed E-state index contributed by atoms with van der Waals surface area (Å²) in [7, 11) is 0.0658. The molecule has 0 amide bonds. The van der Waals surface area contributed by atoms with Crippen LogP contribution in [0, 0.1) is 47.3 Å². The van der Waals surface area contributed by atoms with Gasteiger partial charge in [0.25, 0.3) is 0 Å². The van der Waals surface area contributed by atoms with Gasteiger partial charge in [-0.25, -0.2) is 0 Å². The van der Waals surface area contributed by atoms with Crippen molar-refractivity contribution in [3.63, 3.8) is 0 Å². The minimum atomic E-state index is -1.64. The highest BCUT2D eigenvalue weighted by molar-refractivity contribution is 6.74. The van der Waals surface area contributed by atoms with Crippen LogP contribution in [-0.2, 0) is 36.6 Å². The minimum absolute atomic E-state index is 0.0316.